The fraction of sp³-hybridized carbons (Fsp3) is 0.500. The second kappa shape index (κ2) is 5.46. The van der Waals surface area contributed by atoms with E-state index in [1.807, 2.05) is 0 Å². The van der Waals surface area contributed by atoms with E-state index in [-0.39, 0.29) is 28.8 Å². The van der Waals surface area contributed by atoms with Gasteiger partial charge in [0.15, 0.2) is 9.84 Å². The molecule has 0 aliphatic heterocycles. The predicted octanol–water partition coefficient (Wildman–Crippen LogP) is 0.936. The number of nitrogens with zero attached hydrogens (tertiary/aromatic N) is 2. The number of rotatable bonds is 4. The second-order valence-electron chi connectivity index (χ2n) is 3.08. The maximum Gasteiger partial charge on any atom is 0.268 e. The predicted molar refractivity (Wildman–Crippen MR) is 70.6 cm³/mol. The molecule has 0 aliphatic rings. The number of hydrogen-bond donors (Lipinski definition) is 0. The molecule has 8 heteroatoms. The highest BCUT2D eigenvalue weighted by atomic mass is 127. The summed E-state index contributed by atoms with van der Waals surface area (Å²) in [6, 6.07) is 0. The molecule has 16 heavy (non-hydrogen) atoms. The number of aryl methyl sites for hydroxylation is 1. The molecule has 1 heterocycles. The van der Waals surface area contributed by atoms with Crippen molar-refractivity contribution in [1.82, 2.24) is 9.55 Å². The van der Waals surface area contributed by atoms with Gasteiger partial charge < -0.3 is 0 Å². The Balaban J connectivity index is 2.93. The van der Waals surface area contributed by atoms with Crippen LogP contribution in [0, 0.1) is 3.57 Å². The van der Waals surface area contributed by atoms with Crippen molar-refractivity contribution in [3.63, 3.8) is 0 Å². The maximum atomic E-state index is 11.6. The zero-order valence-corrected chi connectivity index (χ0v) is 12.2. The first kappa shape index (κ1) is 13.9. The van der Waals surface area contributed by atoms with Crippen molar-refractivity contribution in [3.05, 3.63) is 25.4 Å². The quantitative estimate of drug-likeness (QED) is 0.579. The lowest BCUT2D eigenvalue weighted by atomic mass is 10.6. The fourth-order valence-corrected chi connectivity index (χ4v) is 2.32. The molecule has 0 aliphatic carbocycles. The molecule has 1 rings (SSSR count). The molecule has 0 unspecified atom stereocenters. The van der Waals surface area contributed by atoms with Crippen molar-refractivity contribution in [1.29, 1.82) is 0 Å². The number of sulfone groups is 1. The molecule has 1 aromatic rings. The largest absolute Gasteiger partial charge is 0.297 e. The molecule has 0 saturated heterocycles. The topological polar surface area (TPSA) is 69.0 Å². The van der Waals surface area contributed by atoms with E-state index in [0.29, 0.717) is 3.57 Å². The van der Waals surface area contributed by atoms with Crippen LogP contribution in [-0.4, -0.2) is 29.5 Å². The second-order valence-corrected chi connectivity index (χ2v) is 6.99. The average molecular weight is 377 g/mol. The van der Waals surface area contributed by atoms with Crippen LogP contribution < -0.4 is 5.56 Å². The molecule has 0 aromatic carbocycles. The van der Waals surface area contributed by atoms with Gasteiger partial charge in [0.1, 0.15) is 8.72 Å². The van der Waals surface area contributed by atoms with Crippen molar-refractivity contribution >= 4 is 44.0 Å². The minimum absolute atomic E-state index is 0.0667. The van der Waals surface area contributed by atoms with Gasteiger partial charge in [0, 0.05) is 12.3 Å². The van der Waals surface area contributed by atoms with Gasteiger partial charge >= 0.3 is 0 Å². The van der Waals surface area contributed by atoms with E-state index in [4.69, 9.17) is 11.6 Å². The van der Waals surface area contributed by atoms with Crippen LogP contribution in [0.2, 0.25) is 5.15 Å². The molecule has 5 nitrogen and oxygen atoms in total. The molecule has 1 aromatic heterocycles. The van der Waals surface area contributed by atoms with Gasteiger partial charge in [-0.3, -0.25) is 9.36 Å². The van der Waals surface area contributed by atoms with Gasteiger partial charge in [-0.05, 0) is 22.6 Å². The third kappa shape index (κ3) is 3.42. The van der Waals surface area contributed by atoms with Crippen LogP contribution in [0.15, 0.2) is 11.1 Å². The molecular weight excluding hydrogens is 367 g/mol. The van der Waals surface area contributed by atoms with Crippen molar-refractivity contribution in [2.75, 3.05) is 11.5 Å². The van der Waals surface area contributed by atoms with Crippen LogP contribution in [0.1, 0.15) is 6.92 Å². The van der Waals surface area contributed by atoms with E-state index in [1.54, 1.807) is 29.5 Å². The van der Waals surface area contributed by atoms with Crippen molar-refractivity contribution in [2.24, 2.45) is 0 Å². The first-order valence-corrected chi connectivity index (χ1v) is 7.76. The smallest absolute Gasteiger partial charge is 0.268 e. The van der Waals surface area contributed by atoms with Gasteiger partial charge in [0.2, 0.25) is 0 Å². The Labute approximate surface area is 112 Å². The van der Waals surface area contributed by atoms with Crippen molar-refractivity contribution < 1.29 is 8.42 Å². The van der Waals surface area contributed by atoms with Gasteiger partial charge in [0.05, 0.1) is 12.1 Å². The first-order chi connectivity index (χ1) is 7.37. The van der Waals surface area contributed by atoms with Crippen LogP contribution in [-0.2, 0) is 16.4 Å². The van der Waals surface area contributed by atoms with Gasteiger partial charge in [-0.2, -0.15) is 0 Å². The summed E-state index contributed by atoms with van der Waals surface area (Å²) in [5.41, 5.74) is -0.313. The maximum absolute atomic E-state index is 11.6. The van der Waals surface area contributed by atoms with Crippen LogP contribution >= 0.6 is 34.2 Å². The summed E-state index contributed by atoms with van der Waals surface area (Å²) in [5.74, 6) is 0.00264. The summed E-state index contributed by atoms with van der Waals surface area (Å²) in [4.78, 5) is 15.4. The highest BCUT2D eigenvalue weighted by Crippen LogP contribution is 2.09. The third-order valence-electron chi connectivity index (χ3n) is 2.02. The SMILES string of the molecule is CCS(=O)(=O)CCn1cnc(Cl)c(I)c1=O. The van der Waals surface area contributed by atoms with Crippen LogP contribution in [0.3, 0.4) is 0 Å². The molecular formula is C8H10ClIN2O3S. The number of halogens is 2. The van der Waals surface area contributed by atoms with Gasteiger partial charge in [-0.15, -0.1) is 0 Å². The molecule has 0 bridgehead atoms. The summed E-state index contributed by atoms with van der Waals surface area (Å²) in [7, 11) is -3.08. The molecule has 0 radical (unpaired) electrons. The van der Waals surface area contributed by atoms with Crippen molar-refractivity contribution in [2.45, 2.75) is 13.5 Å². The summed E-state index contributed by atoms with van der Waals surface area (Å²) < 4.78 is 24.1. The third-order valence-corrected chi connectivity index (χ3v) is 5.29. The van der Waals surface area contributed by atoms with Gasteiger partial charge in [-0.1, -0.05) is 18.5 Å². The summed E-state index contributed by atoms with van der Waals surface area (Å²) in [6.45, 7) is 1.68. The Hall–Kier alpha value is -0.150. The monoisotopic (exact) mass is 376 g/mol. The van der Waals surface area contributed by atoms with E-state index < -0.39 is 9.84 Å². The van der Waals surface area contributed by atoms with E-state index >= 15 is 0 Å². The highest BCUT2D eigenvalue weighted by molar-refractivity contribution is 14.1. The van der Waals surface area contributed by atoms with Crippen LogP contribution in [0.25, 0.3) is 0 Å². The summed E-state index contributed by atoms with van der Waals surface area (Å²) >= 11 is 7.44. The Morgan fingerprint density at radius 2 is 2.19 bits per heavy atom. The minimum atomic E-state index is -3.08. The van der Waals surface area contributed by atoms with E-state index in [9.17, 15) is 13.2 Å². The lowest BCUT2D eigenvalue weighted by Gasteiger charge is -2.05. The van der Waals surface area contributed by atoms with Gasteiger partial charge in [0.25, 0.3) is 5.56 Å². The molecule has 90 valence electrons. The van der Waals surface area contributed by atoms with E-state index in [2.05, 4.69) is 4.98 Å². The zero-order chi connectivity index (χ0) is 12.3. The average Bonchev–Trinajstić information content (AvgIpc) is 2.25. The van der Waals surface area contributed by atoms with Gasteiger partial charge in [-0.25, -0.2) is 13.4 Å². The zero-order valence-electron chi connectivity index (χ0n) is 8.48. The Bertz CT molecular complexity index is 541. The lowest BCUT2D eigenvalue weighted by molar-refractivity contribution is 0.587. The standard InChI is InChI=1S/C8H10ClIN2O3S/c1-2-16(14,15)4-3-12-5-11-7(9)6(10)8(12)13/h5H,2-4H2,1H3. The van der Waals surface area contributed by atoms with Crippen molar-refractivity contribution in [3.8, 4) is 0 Å². The molecule has 0 saturated carbocycles. The summed E-state index contributed by atoms with van der Waals surface area (Å²) in [5, 5.41) is 0.139. The number of hydrogen-bond acceptors (Lipinski definition) is 4. The molecule has 0 fully saturated rings. The lowest BCUT2D eigenvalue weighted by Crippen LogP contribution is -2.26. The highest BCUT2D eigenvalue weighted by Gasteiger charge is 2.11. The van der Waals surface area contributed by atoms with E-state index in [1.165, 1.54) is 10.9 Å². The Morgan fingerprint density at radius 1 is 1.56 bits per heavy atom. The fourth-order valence-electron chi connectivity index (χ4n) is 0.985. The molecule has 0 N–H and O–H groups in total. The number of aromatic nitrogens is 2. The minimum Gasteiger partial charge on any atom is -0.297 e. The first-order valence-electron chi connectivity index (χ1n) is 4.48. The Kier molecular flexibility index (Phi) is 4.74. The summed E-state index contributed by atoms with van der Waals surface area (Å²) in [6.07, 6.45) is 1.26. The molecule has 0 amide bonds. The van der Waals surface area contributed by atoms with Crippen LogP contribution in [0.4, 0.5) is 0 Å². The normalized spacial score (nSPS) is 11.7. The van der Waals surface area contributed by atoms with E-state index in [0.717, 1.165) is 0 Å². The Morgan fingerprint density at radius 3 is 2.75 bits per heavy atom. The molecule has 0 atom stereocenters. The molecule has 0 spiro atoms. The van der Waals surface area contributed by atoms with Crippen LogP contribution in [0.5, 0.6) is 0 Å².